The fourth-order valence-electron chi connectivity index (χ4n) is 4.22. The van der Waals surface area contributed by atoms with E-state index in [1.807, 2.05) is 6.92 Å². The number of aromatic nitrogens is 4. The molecule has 1 aromatic carbocycles. The first kappa shape index (κ1) is 21.9. The molecule has 2 aromatic heterocycles. The zero-order chi connectivity index (χ0) is 22.5. The van der Waals surface area contributed by atoms with Crippen molar-refractivity contribution in [1.29, 1.82) is 0 Å². The third-order valence-electron chi connectivity index (χ3n) is 5.89. The van der Waals surface area contributed by atoms with Gasteiger partial charge >= 0.3 is 5.97 Å². The van der Waals surface area contributed by atoms with Crippen LogP contribution < -0.4 is 0 Å². The lowest BCUT2D eigenvalue weighted by Gasteiger charge is -2.34. The van der Waals surface area contributed by atoms with Crippen LogP contribution in [0.4, 0.5) is 4.39 Å². The number of benzene rings is 1. The van der Waals surface area contributed by atoms with Crippen molar-refractivity contribution in [2.45, 2.75) is 58.0 Å². The molecule has 0 unspecified atom stereocenters. The van der Waals surface area contributed by atoms with Gasteiger partial charge in [-0.25, -0.2) is 18.7 Å². The second kappa shape index (κ2) is 9.84. The summed E-state index contributed by atoms with van der Waals surface area (Å²) in [4.78, 5) is 35.8. The van der Waals surface area contributed by atoms with E-state index in [1.165, 1.54) is 29.2 Å². The number of carbonyl (C=O) groups is 2. The van der Waals surface area contributed by atoms with Gasteiger partial charge in [-0.1, -0.05) is 38.3 Å². The van der Waals surface area contributed by atoms with Crippen LogP contribution in [0.25, 0.3) is 5.78 Å². The minimum Gasteiger partial charge on any atom is -0.452 e. The van der Waals surface area contributed by atoms with Gasteiger partial charge in [-0.05, 0) is 37.0 Å². The maximum Gasteiger partial charge on any atom is 0.342 e. The molecule has 0 bridgehead atoms. The minimum atomic E-state index is -0.620. The molecule has 1 fully saturated rings. The summed E-state index contributed by atoms with van der Waals surface area (Å²) in [5, 5.41) is 4.10. The Balaban J connectivity index is 1.47. The first-order valence-electron chi connectivity index (χ1n) is 11.0. The van der Waals surface area contributed by atoms with Crippen molar-refractivity contribution in [3.8, 4) is 0 Å². The maximum atomic E-state index is 13.3. The van der Waals surface area contributed by atoms with Crippen molar-refractivity contribution in [3.05, 3.63) is 59.4 Å². The number of nitrogens with zero attached hydrogens (tertiary/aromatic N) is 5. The zero-order valence-corrected chi connectivity index (χ0v) is 18.0. The molecule has 4 rings (SSSR count). The summed E-state index contributed by atoms with van der Waals surface area (Å²) >= 11 is 0. The highest BCUT2D eigenvalue weighted by molar-refractivity contribution is 5.92. The van der Waals surface area contributed by atoms with Gasteiger partial charge in [0.25, 0.3) is 11.7 Å². The predicted molar refractivity (Wildman–Crippen MR) is 114 cm³/mol. The molecule has 0 radical (unpaired) electrons. The molecular weight excluding hydrogens is 413 g/mol. The van der Waals surface area contributed by atoms with Crippen LogP contribution in [0.2, 0.25) is 0 Å². The number of ether oxygens (including phenoxy) is 1. The van der Waals surface area contributed by atoms with Crippen LogP contribution in [0, 0.1) is 5.82 Å². The van der Waals surface area contributed by atoms with Gasteiger partial charge in [0.05, 0.1) is 11.3 Å². The number of aryl methyl sites for hydroxylation is 1. The summed E-state index contributed by atoms with van der Waals surface area (Å²) in [6.07, 6.45) is 8.40. The molecule has 1 saturated carbocycles. The number of fused-ring (bicyclic) bond motifs is 1. The smallest absolute Gasteiger partial charge is 0.342 e. The highest BCUT2D eigenvalue weighted by Crippen LogP contribution is 2.24. The second-order valence-electron chi connectivity index (χ2n) is 7.96. The summed E-state index contributed by atoms with van der Waals surface area (Å²) in [6, 6.07) is 6.21. The Labute approximate surface area is 185 Å². The summed E-state index contributed by atoms with van der Waals surface area (Å²) in [5.41, 5.74) is 1.73. The van der Waals surface area contributed by atoms with E-state index in [1.54, 1.807) is 17.0 Å². The Morgan fingerprint density at radius 2 is 1.91 bits per heavy atom. The van der Waals surface area contributed by atoms with Gasteiger partial charge in [0, 0.05) is 18.8 Å². The summed E-state index contributed by atoms with van der Waals surface area (Å²) in [5.74, 6) is -0.798. The number of hydrogen-bond acceptors (Lipinski definition) is 6. The normalized spacial score (nSPS) is 14.4. The van der Waals surface area contributed by atoms with Crippen LogP contribution in [-0.2, 0) is 22.5 Å². The van der Waals surface area contributed by atoms with Gasteiger partial charge in [0.15, 0.2) is 6.61 Å². The fraction of sp³-hybridized carbons (Fsp3) is 0.435. The van der Waals surface area contributed by atoms with Crippen LogP contribution in [0.3, 0.4) is 0 Å². The number of amides is 1. The van der Waals surface area contributed by atoms with E-state index in [4.69, 9.17) is 4.74 Å². The van der Waals surface area contributed by atoms with E-state index in [0.717, 1.165) is 37.7 Å². The third-order valence-corrected chi connectivity index (χ3v) is 5.89. The molecule has 1 aliphatic rings. The van der Waals surface area contributed by atoms with Gasteiger partial charge in [0.1, 0.15) is 12.1 Å². The molecule has 0 spiro atoms. The molecule has 32 heavy (non-hydrogen) atoms. The minimum absolute atomic E-state index is 0.0828. The van der Waals surface area contributed by atoms with Crippen LogP contribution in [0.15, 0.2) is 36.8 Å². The Morgan fingerprint density at radius 3 is 2.62 bits per heavy atom. The van der Waals surface area contributed by atoms with Crippen molar-refractivity contribution >= 4 is 17.7 Å². The predicted octanol–water partition coefficient (Wildman–Crippen LogP) is 3.34. The summed E-state index contributed by atoms with van der Waals surface area (Å²) in [6.45, 7) is 1.88. The van der Waals surface area contributed by atoms with Gasteiger partial charge in [-0.15, -0.1) is 0 Å². The highest BCUT2D eigenvalue weighted by atomic mass is 19.1. The number of carbonyl (C=O) groups excluding carboxylic acids is 2. The largest absolute Gasteiger partial charge is 0.452 e. The van der Waals surface area contributed by atoms with E-state index in [2.05, 4.69) is 15.1 Å². The third kappa shape index (κ3) is 4.76. The van der Waals surface area contributed by atoms with Crippen LogP contribution >= 0.6 is 0 Å². The van der Waals surface area contributed by atoms with E-state index in [0.29, 0.717) is 24.4 Å². The molecule has 1 aliphatic carbocycles. The van der Waals surface area contributed by atoms with Crippen molar-refractivity contribution in [3.63, 3.8) is 0 Å². The molecule has 0 aliphatic heterocycles. The lowest BCUT2D eigenvalue weighted by atomic mass is 9.93. The molecule has 3 aromatic rings. The number of rotatable bonds is 7. The van der Waals surface area contributed by atoms with E-state index in [-0.39, 0.29) is 29.9 Å². The van der Waals surface area contributed by atoms with Crippen LogP contribution in [-0.4, -0.2) is 49.0 Å². The lowest BCUT2D eigenvalue weighted by Crippen LogP contribution is -2.43. The summed E-state index contributed by atoms with van der Waals surface area (Å²) in [7, 11) is 0. The molecule has 8 nitrogen and oxygen atoms in total. The molecule has 168 valence electrons. The Morgan fingerprint density at radius 1 is 1.16 bits per heavy atom. The van der Waals surface area contributed by atoms with Crippen molar-refractivity contribution in [2.24, 2.45) is 0 Å². The average molecular weight is 439 g/mol. The standard InChI is InChI=1S/C23H26FN5O3/c1-2-20-19(12-25-23-26-15-27-29(20)23)22(31)32-14-21(30)28(18-6-4-3-5-7-18)13-16-8-10-17(24)11-9-16/h8-12,15,18H,2-7,13-14H2,1H3. The van der Waals surface area contributed by atoms with Gasteiger partial charge in [0.2, 0.25) is 0 Å². The van der Waals surface area contributed by atoms with Gasteiger partial charge in [-0.2, -0.15) is 10.1 Å². The number of esters is 1. The molecule has 1 amide bonds. The SMILES string of the molecule is CCc1c(C(=O)OCC(=O)N(Cc2ccc(F)cc2)C2CCCCC2)cnc2ncnn12. The quantitative estimate of drug-likeness (QED) is 0.525. The van der Waals surface area contributed by atoms with Crippen molar-refractivity contribution < 1.29 is 18.7 Å². The molecule has 9 heteroatoms. The average Bonchev–Trinajstić information content (AvgIpc) is 3.31. The fourth-order valence-corrected chi connectivity index (χ4v) is 4.22. The molecular formula is C23H26FN5O3. The molecule has 0 saturated heterocycles. The monoisotopic (exact) mass is 439 g/mol. The first-order valence-corrected chi connectivity index (χ1v) is 11.0. The highest BCUT2D eigenvalue weighted by Gasteiger charge is 2.27. The lowest BCUT2D eigenvalue weighted by molar-refractivity contribution is -0.138. The van der Waals surface area contributed by atoms with Gasteiger partial charge in [-0.3, -0.25) is 4.79 Å². The first-order chi connectivity index (χ1) is 15.6. The second-order valence-corrected chi connectivity index (χ2v) is 7.96. The van der Waals surface area contributed by atoms with Crippen molar-refractivity contribution in [1.82, 2.24) is 24.5 Å². The zero-order valence-electron chi connectivity index (χ0n) is 18.0. The Kier molecular flexibility index (Phi) is 6.72. The number of hydrogen-bond donors (Lipinski definition) is 0. The maximum absolute atomic E-state index is 13.3. The van der Waals surface area contributed by atoms with E-state index < -0.39 is 5.97 Å². The van der Waals surface area contributed by atoms with Gasteiger partial charge < -0.3 is 9.64 Å². The van der Waals surface area contributed by atoms with Crippen LogP contribution in [0.1, 0.15) is 60.6 Å². The van der Waals surface area contributed by atoms with Crippen LogP contribution in [0.5, 0.6) is 0 Å². The topological polar surface area (TPSA) is 89.7 Å². The summed E-state index contributed by atoms with van der Waals surface area (Å²) < 4.78 is 20.2. The molecule has 2 heterocycles. The Bertz CT molecular complexity index is 1090. The molecule has 0 atom stereocenters. The van der Waals surface area contributed by atoms with E-state index in [9.17, 15) is 14.0 Å². The molecule has 0 N–H and O–H groups in total. The Hall–Kier alpha value is -3.36. The van der Waals surface area contributed by atoms with Crippen molar-refractivity contribution in [2.75, 3.05) is 6.61 Å². The number of halogens is 1. The van der Waals surface area contributed by atoms with E-state index >= 15 is 0 Å².